The van der Waals surface area contributed by atoms with E-state index in [0.717, 1.165) is 4.90 Å². The van der Waals surface area contributed by atoms with E-state index >= 15 is 0 Å². The molecule has 0 saturated carbocycles. The molecule has 0 spiro atoms. The summed E-state index contributed by atoms with van der Waals surface area (Å²) >= 11 is 7.13. The Balaban J connectivity index is 2.35. The number of carbonyl (C=O) groups is 1. The van der Waals surface area contributed by atoms with Crippen molar-refractivity contribution in [2.45, 2.75) is 29.6 Å². The first kappa shape index (κ1) is 14.8. The van der Waals surface area contributed by atoms with Crippen LogP contribution in [0.3, 0.4) is 0 Å². The summed E-state index contributed by atoms with van der Waals surface area (Å²) in [6, 6.07) is 7.17. The maximum atomic E-state index is 11.3. The van der Waals surface area contributed by atoms with Gasteiger partial charge in [0, 0.05) is 22.0 Å². The van der Waals surface area contributed by atoms with E-state index in [1.54, 1.807) is 18.3 Å². The van der Waals surface area contributed by atoms with Gasteiger partial charge in [-0.3, -0.25) is 0 Å². The van der Waals surface area contributed by atoms with Gasteiger partial charge in [-0.05, 0) is 24.3 Å². The number of rotatable bonds is 4. The molecule has 20 heavy (non-hydrogen) atoms. The van der Waals surface area contributed by atoms with Gasteiger partial charge >= 0.3 is 5.97 Å². The van der Waals surface area contributed by atoms with Crippen LogP contribution in [0.1, 0.15) is 36.1 Å². The van der Waals surface area contributed by atoms with E-state index in [1.165, 1.54) is 11.8 Å². The van der Waals surface area contributed by atoms with Gasteiger partial charge in [-0.25, -0.2) is 14.8 Å². The van der Waals surface area contributed by atoms with Crippen molar-refractivity contribution >= 4 is 29.3 Å². The molecule has 0 saturated heterocycles. The largest absolute Gasteiger partial charge is 0.476 e. The molecule has 0 bridgehead atoms. The van der Waals surface area contributed by atoms with Crippen LogP contribution in [-0.2, 0) is 0 Å². The molecule has 1 N–H and O–H groups in total. The van der Waals surface area contributed by atoms with Gasteiger partial charge < -0.3 is 5.11 Å². The number of hydrogen-bond donors (Lipinski definition) is 1. The smallest absolute Gasteiger partial charge is 0.355 e. The van der Waals surface area contributed by atoms with Gasteiger partial charge in [0.1, 0.15) is 5.82 Å². The second kappa shape index (κ2) is 6.24. The number of halogens is 1. The molecule has 0 aliphatic rings. The van der Waals surface area contributed by atoms with Crippen LogP contribution in [0.5, 0.6) is 0 Å². The fourth-order valence-electron chi connectivity index (χ4n) is 1.52. The normalized spacial score (nSPS) is 10.8. The summed E-state index contributed by atoms with van der Waals surface area (Å²) in [7, 11) is 0. The third-order valence-corrected chi connectivity index (χ3v) is 3.81. The van der Waals surface area contributed by atoms with Crippen molar-refractivity contribution in [1.29, 1.82) is 0 Å². The van der Waals surface area contributed by atoms with E-state index in [0.29, 0.717) is 15.7 Å². The zero-order chi connectivity index (χ0) is 14.7. The quantitative estimate of drug-likeness (QED) is 0.921. The van der Waals surface area contributed by atoms with E-state index in [4.69, 9.17) is 11.6 Å². The average molecular weight is 309 g/mol. The fraction of sp³-hybridized carbons (Fsp3) is 0.214. The lowest BCUT2D eigenvalue weighted by Crippen LogP contribution is -2.08. The summed E-state index contributed by atoms with van der Waals surface area (Å²) < 4.78 is 0. The molecule has 0 unspecified atom stereocenters. The molecule has 2 rings (SSSR count). The van der Waals surface area contributed by atoms with Gasteiger partial charge in [0.25, 0.3) is 0 Å². The maximum absolute atomic E-state index is 11.3. The molecule has 0 fully saturated rings. The molecule has 0 atom stereocenters. The Labute approximate surface area is 126 Å². The van der Waals surface area contributed by atoms with E-state index < -0.39 is 5.97 Å². The van der Waals surface area contributed by atoms with Crippen LogP contribution in [0.25, 0.3) is 0 Å². The summed E-state index contributed by atoms with van der Waals surface area (Å²) in [4.78, 5) is 21.1. The van der Waals surface area contributed by atoms with Gasteiger partial charge in [0.2, 0.25) is 0 Å². The molecule has 2 aromatic rings. The molecule has 1 heterocycles. The lowest BCUT2D eigenvalue weighted by Gasteiger charge is -2.08. The number of carboxylic acids is 1. The van der Waals surface area contributed by atoms with Gasteiger partial charge in [-0.2, -0.15) is 0 Å². The fourth-order valence-corrected chi connectivity index (χ4v) is 2.51. The Hall–Kier alpha value is -1.59. The summed E-state index contributed by atoms with van der Waals surface area (Å²) in [5.41, 5.74) is 0.0312. The number of hydrogen-bond acceptors (Lipinski definition) is 4. The maximum Gasteiger partial charge on any atom is 0.355 e. The topological polar surface area (TPSA) is 63.1 Å². The number of nitrogens with zero attached hydrogens (tertiary/aromatic N) is 2. The second-order valence-corrected chi connectivity index (χ2v) is 6.01. The van der Waals surface area contributed by atoms with Crippen LogP contribution in [0, 0.1) is 0 Å². The highest BCUT2D eigenvalue weighted by Gasteiger charge is 2.16. The van der Waals surface area contributed by atoms with Crippen molar-refractivity contribution in [3.63, 3.8) is 0 Å². The highest BCUT2D eigenvalue weighted by atomic mass is 35.5. The van der Waals surface area contributed by atoms with Crippen molar-refractivity contribution in [3.8, 4) is 0 Å². The number of benzene rings is 1. The minimum absolute atomic E-state index is 0.0312. The van der Waals surface area contributed by atoms with Crippen LogP contribution in [0.2, 0.25) is 5.02 Å². The standard InChI is InChI=1S/C14H13ClN2O2S/c1-8(2)13-16-7-11(12(17-13)14(18)19)20-10-5-3-9(15)4-6-10/h3-8H,1-2H3,(H,18,19). The second-order valence-electron chi connectivity index (χ2n) is 4.46. The minimum atomic E-state index is -1.05. The first-order chi connectivity index (χ1) is 9.47. The van der Waals surface area contributed by atoms with Crippen molar-refractivity contribution < 1.29 is 9.90 Å². The first-order valence-corrected chi connectivity index (χ1v) is 7.20. The molecule has 104 valence electrons. The molecule has 0 aliphatic carbocycles. The summed E-state index contributed by atoms with van der Waals surface area (Å²) in [5.74, 6) is -0.434. The number of carboxylic acid groups (broad SMARTS) is 1. The lowest BCUT2D eigenvalue weighted by atomic mass is 10.2. The summed E-state index contributed by atoms with van der Waals surface area (Å²) in [5, 5.41) is 9.91. The number of aromatic nitrogens is 2. The average Bonchev–Trinajstić information content (AvgIpc) is 2.41. The molecular formula is C14H13ClN2O2S. The van der Waals surface area contributed by atoms with Crippen molar-refractivity contribution in [3.05, 3.63) is 47.0 Å². The third-order valence-electron chi connectivity index (χ3n) is 2.53. The Bertz CT molecular complexity index is 630. The van der Waals surface area contributed by atoms with Gasteiger partial charge in [-0.1, -0.05) is 37.2 Å². The van der Waals surface area contributed by atoms with Gasteiger partial charge in [0.05, 0.1) is 4.90 Å². The SMILES string of the molecule is CC(C)c1ncc(Sc2ccc(Cl)cc2)c(C(=O)O)n1. The van der Waals surface area contributed by atoms with Crippen molar-refractivity contribution in [1.82, 2.24) is 9.97 Å². The molecule has 0 radical (unpaired) electrons. The van der Waals surface area contributed by atoms with Crippen LogP contribution < -0.4 is 0 Å². The molecule has 4 nitrogen and oxygen atoms in total. The predicted octanol–water partition coefficient (Wildman–Crippen LogP) is 4.10. The van der Waals surface area contributed by atoms with Crippen molar-refractivity contribution in [2.24, 2.45) is 0 Å². The zero-order valence-corrected chi connectivity index (χ0v) is 12.6. The Morgan fingerprint density at radius 2 is 1.95 bits per heavy atom. The lowest BCUT2D eigenvalue weighted by molar-refractivity contribution is 0.0685. The molecular weight excluding hydrogens is 296 g/mol. The van der Waals surface area contributed by atoms with E-state index in [-0.39, 0.29) is 11.6 Å². The number of aromatic carboxylic acids is 1. The van der Waals surface area contributed by atoms with Gasteiger partial charge in [0.15, 0.2) is 5.69 Å². The van der Waals surface area contributed by atoms with Crippen LogP contribution in [0.4, 0.5) is 0 Å². The van der Waals surface area contributed by atoms with Gasteiger partial charge in [-0.15, -0.1) is 0 Å². The molecule has 1 aromatic carbocycles. The Morgan fingerprint density at radius 3 is 2.50 bits per heavy atom. The highest BCUT2D eigenvalue weighted by molar-refractivity contribution is 7.99. The predicted molar refractivity (Wildman–Crippen MR) is 78.7 cm³/mol. The van der Waals surface area contributed by atoms with E-state index in [9.17, 15) is 9.90 Å². The third kappa shape index (κ3) is 3.49. The van der Waals surface area contributed by atoms with Crippen molar-refractivity contribution in [2.75, 3.05) is 0 Å². The van der Waals surface area contributed by atoms with Crippen LogP contribution >= 0.6 is 23.4 Å². The molecule has 0 aliphatic heterocycles. The zero-order valence-electron chi connectivity index (χ0n) is 11.0. The first-order valence-electron chi connectivity index (χ1n) is 6.01. The molecule has 6 heteroatoms. The monoisotopic (exact) mass is 308 g/mol. The van der Waals surface area contributed by atoms with Crippen LogP contribution in [-0.4, -0.2) is 21.0 Å². The molecule has 1 aromatic heterocycles. The van der Waals surface area contributed by atoms with Crippen LogP contribution in [0.15, 0.2) is 40.3 Å². The summed E-state index contributed by atoms with van der Waals surface area (Å²) in [6.07, 6.45) is 1.56. The summed E-state index contributed by atoms with van der Waals surface area (Å²) in [6.45, 7) is 3.85. The highest BCUT2D eigenvalue weighted by Crippen LogP contribution is 2.30. The van der Waals surface area contributed by atoms with E-state index in [2.05, 4.69) is 9.97 Å². The Morgan fingerprint density at radius 1 is 1.30 bits per heavy atom. The minimum Gasteiger partial charge on any atom is -0.476 e. The molecule has 0 amide bonds. The van der Waals surface area contributed by atoms with E-state index in [1.807, 2.05) is 26.0 Å². The Kier molecular flexibility index (Phi) is 4.62.